The number of phenolic OH excluding ortho intramolecular Hbond substituents is 2. The van der Waals surface area contributed by atoms with E-state index in [0.29, 0.717) is 22.3 Å². The molecule has 0 saturated carbocycles. The first kappa shape index (κ1) is 50.8. The maximum atomic E-state index is 14.9. The van der Waals surface area contributed by atoms with Crippen LogP contribution >= 0.6 is 0 Å². The molecule has 344 valence electrons. The molecule has 0 saturated heterocycles. The van der Waals surface area contributed by atoms with E-state index in [1.807, 2.05) is 0 Å². The minimum atomic E-state index is -2.05. The van der Waals surface area contributed by atoms with Crippen LogP contribution in [0.5, 0.6) is 23.0 Å². The number of benzene rings is 2. The summed E-state index contributed by atoms with van der Waals surface area (Å²) in [6, 6.07) is 9.09. The summed E-state index contributed by atoms with van der Waals surface area (Å²) in [7, 11) is 2.69. The fraction of sp³-hybridized carbons (Fsp3) is 0.358. The molecule has 12 nitrogen and oxygen atoms in total. The van der Waals surface area contributed by atoms with E-state index >= 15 is 0 Å². The SMILES string of the molecule is C=C(C)CCC1(CCC(=C)C)C(=O)C(C(=O)C=Cc2cccc(OC)c2O)C(=O)C(CC2=C(O)C(CCC(=C)C)(CCC(=C)C)C(=O)C(C(=O)C=Cc3cccc(OC)c3O)C2=O)=C1O. The lowest BCUT2D eigenvalue weighted by atomic mass is 9.59. The molecule has 2 aromatic carbocycles. The summed E-state index contributed by atoms with van der Waals surface area (Å²) < 4.78 is 10.4. The molecule has 4 rings (SSSR count). The molecule has 0 aliphatic heterocycles. The van der Waals surface area contributed by atoms with E-state index in [-0.39, 0.29) is 85.5 Å². The van der Waals surface area contributed by atoms with Crippen molar-refractivity contribution in [3.8, 4) is 23.0 Å². The number of hydrogen-bond acceptors (Lipinski definition) is 12. The van der Waals surface area contributed by atoms with E-state index in [4.69, 9.17) is 9.47 Å². The van der Waals surface area contributed by atoms with Crippen LogP contribution < -0.4 is 9.47 Å². The number of aliphatic hydroxyl groups is 2. The van der Waals surface area contributed by atoms with E-state index in [1.165, 1.54) is 50.6 Å². The molecule has 0 aromatic heterocycles. The van der Waals surface area contributed by atoms with Crippen LogP contribution in [0.2, 0.25) is 0 Å². The van der Waals surface area contributed by atoms with Crippen LogP contribution in [0.15, 0.2) is 120 Å². The van der Waals surface area contributed by atoms with Crippen LogP contribution in [-0.2, 0) is 28.8 Å². The van der Waals surface area contributed by atoms with E-state index < -0.39 is 86.5 Å². The van der Waals surface area contributed by atoms with Crippen molar-refractivity contribution < 1.29 is 58.7 Å². The van der Waals surface area contributed by atoms with Gasteiger partial charge in [-0.3, -0.25) is 28.8 Å². The van der Waals surface area contributed by atoms with Crippen LogP contribution in [0.4, 0.5) is 0 Å². The van der Waals surface area contributed by atoms with E-state index in [2.05, 4.69) is 26.3 Å². The maximum absolute atomic E-state index is 14.9. The minimum absolute atomic E-state index is 0.0944. The molecule has 0 radical (unpaired) electrons. The van der Waals surface area contributed by atoms with E-state index in [9.17, 15) is 49.2 Å². The monoisotopic (exact) mass is 888 g/mol. The first-order valence-electron chi connectivity index (χ1n) is 21.3. The highest BCUT2D eigenvalue weighted by atomic mass is 16.5. The lowest BCUT2D eigenvalue weighted by Gasteiger charge is -2.41. The van der Waals surface area contributed by atoms with Crippen LogP contribution in [0, 0.1) is 22.7 Å². The summed E-state index contributed by atoms with van der Waals surface area (Å²) in [5.74, 6) is -11.9. The van der Waals surface area contributed by atoms with Crippen molar-refractivity contribution in [2.45, 2.75) is 85.5 Å². The summed E-state index contributed by atoms with van der Waals surface area (Å²) in [5, 5.41) is 46.3. The van der Waals surface area contributed by atoms with Crippen LogP contribution in [-0.4, -0.2) is 69.3 Å². The Morgan fingerprint density at radius 3 is 1.15 bits per heavy atom. The number of hydrogen-bond donors (Lipinski definition) is 4. The van der Waals surface area contributed by atoms with Gasteiger partial charge in [-0.2, -0.15) is 0 Å². The average molecular weight is 889 g/mol. The predicted octanol–water partition coefficient (Wildman–Crippen LogP) is 9.93. The third-order valence-electron chi connectivity index (χ3n) is 12.3. The zero-order valence-electron chi connectivity index (χ0n) is 38.2. The lowest BCUT2D eigenvalue weighted by Crippen LogP contribution is -2.51. The van der Waals surface area contributed by atoms with E-state index in [1.54, 1.807) is 39.8 Å². The topological polar surface area (TPSA) is 202 Å². The molecule has 0 spiro atoms. The Bertz CT molecular complexity index is 2260. The Morgan fingerprint density at radius 2 is 0.877 bits per heavy atom. The first-order valence-corrected chi connectivity index (χ1v) is 21.3. The Hall–Kier alpha value is -6.82. The molecule has 4 N–H and O–H groups in total. The smallest absolute Gasteiger partial charge is 0.180 e. The van der Waals surface area contributed by atoms with Crippen molar-refractivity contribution in [2.75, 3.05) is 14.2 Å². The van der Waals surface area contributed by atoms with Gasteiger partial charge in [0, 0.05) is 28.7 Å². The average Bonchev–Trinajstić information content (AvgIpc) is 3.24. The molecule has 65 heavy (non-hydrogen) atoms. The number of aromatic hydroxyl groups is 2. The van der Waals surface area contributed by atoms with Gasteiger partial charge in [-0.25, -0.2) is 0 Å². The van der Waals surface area contributed by atoms with Crippen molar-refractivity contribution >= 4 is 46.9 Å². The maximum Gasteiger partial charge on any atom is 0.180 e. The third-order valence-corrected chi connectivity index (χ3v) is 12.3. The first-order chi connectivity index (χ1) is 30.6. The van der Waals surface area contributed by atoms with Gasteiger partial charge in [0.05, 0.1) is 25.0 Å². The number of para-hydroxylation sites is 2. The Balaban J connectivity index is 2.01. The molecular formula is C53H60O12. The number of phenols is 2. The summed E-state index contributed by atoms with van der Waals surface area (Å²) in [6.45, 7) is 22.7. The Morgan fingerprint density at radius 1 is 0.569 bits per heavy atom. The fourth-order valence-corrected chi connectivity index (χ4v) is 8.36. The molecule has 0 heterocycles. The molecule has 2 aliphatic rings. The van der Waals surface area contributed by atoms with Gasteiger partial charge in [0.25, 0.3) is 0 Å². The van der Waals surface area contributed by atoms with Crippen molar-refractivity contribution in [2.24, 2.45) is 22.7 Å². The standard InChI is InChI=1S/C53H60O12/c1-30(2)21-25-52(26-22-31(3)4)48(60)36(46(58)42(50(52)62)38(54)19-17-34-13-11-15-40(64-9)44(34)56)29-37-47(59)43(39(55)20-18-35-14-12-16-41(65-10)45(35)57)51(63)53(49(37)61,27-23-32(5)6)28-24-33(7)8/h11-20,42-43,56-57,60-61H,1,3,5,7,21-29H2,2,4,6,8-10H3. The highest BCUT2D eigenvalue weighted by molar-refractivity contribution is 6.33. The van der Waals surface area contributed by atoms with Crippen molar-refractivity contribution in [3.63, 3.8) is 0 Å². The number of Topliss-reactive ketones (excluding diaryl/α,β-unsaturated/α-hetero) is 4. The second kappa shape index (κ2) is 21.2. The fourth-order valence-electron chi connectivity index (χ4n) is 8.36. The molecular weight excluding hydrogens is 829 g/mol. The van der Waals surface area contributed by atoms with Gasteiger partial charge >= 0.3 is 0 Å². The summed E-state index contributed by atoms with van der Waals surface area (Å²) in [6.07, 6.45) is 3.88. The molecule has 0 amide bonds. The largest absolute Gasteiger partial charge is 0.511 e. The molecule has 12 heteroatoms. The molecule has 2 atom stereocenters. The van der Waals surface area contributed by atoms with Crippen molar-refractivity contribution in [1.29, 1.82) is 0 Å². The number of carbonyl (C=O) groups excluding carboxylic acids is 6. The Kier molecular flexibility index (Phi) is 16.6. The predicted molar refractivity (Wildman–Crippen MR) is 249 cm³/mol. The van der Waals surface area contributed by atoms with Gasteiger partial charge in [0.1, 0.15) is 23.4 Å². The third kappa shape index (κ3) is 10.8. The second-order valence-electron chi connectivity index (χ2n) is 17.4. The number of aliphatic hydroxyl groups excluding tert-OH is 2. The number of allylic oxidation sites excluding steroid dienone is 10. The van der Waals surface area contributed by atoms with Crippen LogP contribution in [0.3, 0.4) is 0 Å². The Labute approximate surface area is 380 Å². The van der Waals surface area contributed by atoms with Gasteiger partial charge < -0.3 is 29.9 Å². The normalized spacial score (nSPS) is 18.4. The number of rotatable bonds is 22. The second-order valence-corrected chi connectivity index (χ2v) is 17.4. The van der Waals surface area contributed by atoms with Gasteiger partial charge in [-0.05, 0) is 115 Å². The van der Waals surface area contributed by atoms with E-state index in [0.717, 1.165) is 12.2 Å². The molecule has 2 aromatic rings. The zero-order valence-corrected chi connectivity index (χ0v) is 38.2. The van der Waals surface area contributed by atoms with Crippen molar-refractivity contribution in [3.05, 3.63) is 131 Å². The van der Waals surface area contributed by atoms with Crippen LogP contribution in [0.1, 0.15) is 96.6 Å². The number of methoxy groups -OCH3 is 2. The number of carbonyl (C=O) groups is 6. The summed E-state index contributed by atoms with van der Waals surface area (Å²) in [5.41, 5.74) is -2.00. The quantitative estimate of drug-likeness (QED) is 0.0496. The highest BCUT2D eigenvalue weighted by Gasteiger charge is 2.58. The molecule has 0 bridgehead atoms. The number of ketones is 6. The van der Waals surface area contributed by atoms with Crippen molar-refractivity contribution in [1.82, 2.24) is 0 Å². The summed E-state index contributed by atoms with van der Waals surface area (Å²) >= 11 is 0. The molecule has 2 unspecified atom stereocenters. The van der Waals surface area contributed by atoms with Crippen LogP contribution in [0.25, 0.3) is 12.2 Å². The van der Waals surface area contributed by atoms with Gasteiger partial charge in [-0.15, -0.1) is 26.3 Å². The summed E-state index contributed by atoms with van der Waals surface area (Å²) in [4.78, 5) is 87.9. The van der Waals surface area contributed by atoms with Gasteiger partial charge in [0.2, 0.25) is 0 Å². The highest BCUT2D eigenvalue weighted by Crippen LogP contribution is 2.51. The van der Waals surface area contributed by atoms with Gasteiger partial charge in [-0.1, -0.05) is 46.6 Å². The van der Waals surface area contributed by atoms with Gasteiger partial charge in [0.15, 0.2) is 57.7 Å². The molecule has 0 fully saturated rings. The number of ether oxygens (including phenoxy) is 2. The molecule has 2 aliphatic carbocycles. The minimum Gasteiger partial charge on any atom is -0.511 e. The zero-order chi connectivity index (χ0) is 48.6. The lowest BCUT2D eigenvalue weighted by molar-refractivity contribution is -0.146.